The van der Waals surface area contributed by atoms with Gasteiger partial charge in [-0.1, -0.05) is 18.3 Å². The van der Waals surface area contributed by atoms with E-state index in [1.807, 2.05) is 31.2 Å². The van der Waals surface area contributed by atoms with Crippen molar-refractivity contribution in [3.8, 4) is 22.1 Å². The van der Waals surface area contributed by atoms with Crippen LogP contribution >= 0.6 is 11.3 Å². The van der Waals surface area contributed by atoms with E-state index in [9.17, 15) is 9.18 Å². The van der Waals surface area contributed by atoms with Crippen molar-refractivity contribution in [2.45, 2.75) is 19.4 Å². The van der Waals surface area contributed by atoms with E-state index in [4.69, 9.17) is 9.47 Å². The molecule has 1 amide bonds. The van der Waals surface area contributed by atoms with Crippen LogP contribution in [0, 0.1) is 5.82 Å². The summed E-state index contributed by atoms with van der Waals surface area (Å²) in [5, 5.41) is 11.9. The zero-order valence-corrected chi connectivity index (χ0v) is 15.6. The lowest BCUT2D eigenvalue weighted by atomic mass is 10.2. The maximum Gasteiger partial charge on any atom is 0.267 e. The van der Waals surface area contributed by atoms with Gasteiger partial charge in [-0.3, -0.25) is 10.1 Å². The molecule has 1 aromatic heterocycles. The Balaban J connectivity index is 1.65. The highest BCUT2D eigenvalue weighted by atomic mass is 32.1. The average Bonchev–Trinajstić information content (AvgIpc) is 3.16. The van der Waals surface area contributed by atoms with E-state index >= 15 is 0 Å². The number of rotatable bonds is 7. The summed E-state index contributed by atoms with van der Waals surface area (Å²) in [6.45, 7) is 1.83. The number of hydrogen-bond acceptors (Lipinski definition) is 6. The predicted molar refractivity (Wildman–Crippen MR) is 102 cm³/mol. The summed E-state index contributed by atoms with van der Waals surface area (Å²) < 4.78 is 23.7. The Morgan fingerprint density at radius 3 is 2.41 bits per heavy atom. The molecule has 27 heavy (non-hydrogen) atoms. The van der Waals surface area contributed by atoms with Crippen molar-refractivity contribution in [3.05, 3.63) is 54.3 Å². The molecule has 1 atom stereocenters. The van der Waals surface area contributed by atoms with Gasteiger partial charge in [-0.25, -0.2) is 4.39 Å². The standard InChI is InChI=1S/C19H18FN3O3S/c1-3-16(26-15-10-6-13(20)7-11-15)17(24)21-19-23-22-18(27-19)12-4-8-14(25-2)9-5-12/h4-11,16H,3H2,1-2H3,(H,21,23,24)/t16-/m1/s1. The molecule has 3 aromatic rings. The van der Waals surface area contributed by atoms with Gasteiger partial charge >= 0.3 is 0 Å². The summed E-state index contributed by atoms with van der Waals surface area (Å²) in [5.41, 5.74) is 0.878. The van der Waals surface area contributed by atoms with Crippen LogP contribution in [-0.2, 0) is 4.79 Å². The molecular formula is C19H18FN3O3S. The lowest BCUT2D eigenvalue weighted by Gasteiger charge is -2.16. The first-order chi connectivity index (χ1) is 13.1. The molecule has 0 aliphatic carbocycles. The molecule has 0 bridgehead atoms. The van der Waals surface area contributed by atoms with Crippen LogP contribution < -0.4 is 14.8 Å². The van der Waals surface area contributed by atoms with Crippen molar-refractivity contribution in [3.63, 3.8) is 0 Å². The second-order valence-electron chi connectivity index (χ2n) is 5.60. The normalized spacial score (nSPS) is 11.7. The number of hydrogen-bond donors (Lipinski definition) is 1. The molecule has 1 N–H and O–H groups in total. The SMILES string of the molecule is CC[C@@H](Oc1ccc(F)cc1)C(=O)Nc1nnc(-c2ccc(OC)cc2)s1. The van der Waals surface area contributed by atoms with Gasteiger partial charge in [0.1, 0.15) is 22.3 Å². The first-order valence-electron chi connectivity index (χ1n) is 8.30. The Kier molecular flexibility index (Phi) is 5.97. The van der Waals surface area contributed by atoms with E-state index in [0.29, 0.717) is 22.3 Å². The number of benzene rings is 2. The fourth-order valence-corrected chi connectivity index (χ4v) is 3.06. The van der Waals surface area contributed by atoms with Crippen LogP contribution in [0.15, 0.2) is 48.5 Å². The van der Waals surface area contributed by atoms with Crippen LogP contribution in [-0.4, -0.2) is 29.3 Å². The highest BCUT2D eigenvalue weighted by molar-refractivity contribution is 7.18. The first-order valence-corrected chi connectivity index (χ1v) is 9.11. The van der Waals surface area contributed by atoms with E-state index in [-0.39, 0.29) is 11.7 Å². The molecule has 0 saturated carbocycles. The molecule has 140 valence electrons. The van der Waals surface area contributed by atoms with E-state index in [0.717, 1.165) is 11.3 Å². The molecular weight excluding hydrogens is 369 g/mol. The van der Waals surface area contributed by atoms with Crippen molar-refractivity contribution in [2.24, 2.45) is 0 Å². The van der Waals surface area contributed by atoms with Crippen LogP contribution in [0.2, 0.25) is 0 Å². The molecule has 6 nitrogen and oxygen atoms in total. The van der Waals surface area contributed by atoms with Gasteiger partial charge < -0.3 is 9.47 Å². The van der Waals surface area contributed by atoms with Gasteiger partial charge in [0, 0.05) is 5.56 Å². The fourth-order valence-electron chi connectivity index (χ4n) is 2.31. The number of amides is 1. The smallest absolute Gasteiger partial charge is 0.267 e. The predicted octanol–water partition coefficient (Wildman–Crippen LogP) is 4.15. The maximum absolute atomic E-state index is 13.0. The minimum atomic E-state index is -0.719. The molecule has 0 fully saturated rings. The van der Waals surface area contributed by atoms with Gasteiger partial charge in [-0.2, -0.15) is 0 Å². The molecule has 0 unspecified atom stereocenters. The van der Waals surface area contributed by atoms with Crippen molar-refractivity contribution in [1.82, 2.24) is 10.2 Å². The zero-order valence-electron chi connectivity index (χ0n) is 14.8. The summed E-state index contributed by atoms with van der Waals surface area (Å²) in [6, 6.07) is 12.9. The van der Waals surface area contributed by atoms with E-state index in [1.165, 1.54) is 35.6 Å². The summed E-state index contributed by atoms with van der Waals surface area (Å²) in [7, 11) is 1.60. The third kappa shape index (κ3) is 4.79. The lowest BCUT2D eigenvalue weighted by Crippen LogP contribution is -2.32. The minimum Gasteiger partial charge on any atom is -0.497 e. The Labute approximate surface area is 160 Å². The number of anilines is 1. The van der Waals surface area contributed by atoms with Gasteiger partial charge in [0.15, 0.2) is 6.10 Å². The molecule has 0 saturated heterocycles. The van der Waals surface area contributed by atoms with Gasteiger partial charge in [0.05, 0.1) is 7.11 Å². The lowest BCUT2D eigenvalue weighted by molar-refractivity contribution is -0.122. The Hall–Kier alpha value is -3.00. The van der Waals surface area contributed by atoms with Crippen LogP contribution in [0.1, 0.15) is 13.3 Å². The third-order valence-corrected chi connectivity index (χ3v) is 4.64. The van der Waals surface area contributed by atoms with E-state index in [1.54, 1.807) is 7.11 Å². The Morgan fingerprint density at radius 1 is 1.11 bits per heavy atom. The minimum absolute atomic E-state index is 0.334. The maximum atomic E-state index is 13.0. The summed E-state index contributed by atoms with van der Waals surface area (Å²) >= 11 is 1.26. The summed E-state index contributed by atoms with van der Waals surface area (Å²) in [4.78, 5) is 12.5. The molecule has 1 heterocycles. The highest BCUT2D eigenvalue weighted by Crippen LogP contribution is 2.28. The highest BCUT2D eigenvalue weighted by Gasteiger charge is 2.20. The second kappa shape index (κ2) is 8.59. The third-order valence-electron chi connectivity index (χ3n) is 3.75. The van der Waals surface area contributed by atoms with Crippen molar-refractivity contribution in [2.75, 3.05) is 12.4 Å². The van der Waals surface area contributed by atoms with Gasteiger partial charge in [-0.15, -0.1) is 10.2 Å². The van der Waals surface area contributed by atoms with Crippen LogP contribution in [0.25, 0.3) is 10.6 Å². The second-order valence-corrected chi connectivity index (χ2v) is 6.58. The van der Waals surface area contributed by atoms with Crippen molar-refractivity contribution < 1.29 is 18.7 Å². The topological polar surface area (TPSA) is 73.3 Å². The van der Waals surface area contributed by atoms with Crippen LogP contribution in [0.5, 0.6) is 11.5 Å². The van der Waals surface area contributed by atoms with Gasteiger partial charge in [-0.05, 0) is 55.0 Å². The molecule has 0 aliphatic heterocycles. The summed E-state index contributed by atoms with van der Waals surface area (Å²) in [5.74, 6) is 0.481. The molecule has 0 aliphatic rings. The number of nitrogens with one attached hydrogen (secondary N) is 1. The van der Waals surface area contributed by atoms with E-state index in [2.05, 4.69) is 15.5 Å². The fraction of sp³-hybridized carbons (Fsp3) is 0.211. The number of carbonyl (C=O) groups is 1. The molecule has 3 rings (SSSR count). The molecule has 0 radical (unpaired) electrons. The van der Waals surface area contributed by atoms with Gasteiger partial charge in [0.2, 0.25) is 5.13 Å². The number of nitrogens with zero attached hydrogens (tertiary/aromatic N) is 2. The van der Waals surface area contributed by atoms with Crippen LogP contribution in [0.4, 0.5) is 9.52 Å². The van der Waals surface area contributed by atoms with Gasteiger partial charge in [0.25, 0.3) is 5.91 Å². The van der Waals surface area contributed by atoms with E-state index < -0.39 is 6.10 Å². The number of carbonyl (C=O) groups excluding carboxylic acids is 1. The molecule has 0 spiro atoms. The Morgan fingerprint density at radius 2 is 1.78 bits per heavy atom. The summed E-state index contributed by atoms with van der Waals surface area (Å²) in [6.07, 6.45) is -0.267. The Bertz CT molecular complexity index is 897. The number of halogens is 1. The van der Waals surface area contributed by atoms with Crippen molar-refractivity contribution in [1.29, 1.82) is 0 Å². The molecule has 8 heteroatoms. The quantitative estimate of drug-likeness (QED) is 0.659. The number of aromatic nitrogens is 2. The number of methoxy groups -OCH3 is 1. The monoisotopic (exact) mass is 387 g/mol. The van der Waals surface area contributed by atoms with Crippen molar-refractivity contribution >= 4 is 22.4 Å². The zero-order chi connectivity index (χ0) is 19.2. The first kappa shape index (κ1) is 18.8. The average molecular weight is 387 g/mol. The molecule has 2 aromatic carbocycles. The van der Waals surface area contributed by atoms with Crippen LogP contribution in [0.3, 0.4) is 0 Å². The number of ether oxygens (including phenoxy) is 2. The largest absolute Gasteiger partial charge is 0.497 e.